The van der Waals surface area contributed by atoms with Gasteiger partial charge in [0, 0.05) is 11.8 Å². The Balaban J connectivity index is 1.89. The third-order valence-corrected chi connectivity index (χ3v) is 4.63. The van der Waals surface area contributed by atoms with Gasteiger partial charge in [0.05, 0.1) is 7.11 Å². The van der Waals surface area contributed by atoms with Crippen molar-refractivity contribution >= 4 is 23.2 Å². The summed E-state index contributed by atoms with van der Waals surface area (Å²) in [5.74, 6) is 1.14. The van der Waals surface area contributed by atoms with Crippen LogP contribution in [-0.2, 0) is 0 Å². The lowest BCUT2D eigenvalue weighted by Crippen LogP contribution is -1.90. The molecule has 98 valence electrons. The molecule has 3 rings (SSSR count). The van der Waals surface area contributed by atoms with Gasteiger partial charge in [-0.2, -0.15) is 0 Å². The first kappa shape index (κ1) is 12.8. The second-order valence-corrected chi connectivity index (χ2v) is 6.26. The number of ether oxygens (including phenoxy) is 1. The summed E-state index contributed by atoms with van der Waals surface area (Å²) in [6, 6.07) is 18.1. The summed E-state index contributed by atoms with van der Waals surface area (Å²) >= 11 is 12.9. The molecule has 2 aromatic carbocycles. The van der Waals surface area contributed by atoms with Crippen molar-refractivity contribution in [2.45, 2.75) is 16.2 Å². The zero-order chi connectivity index (χ0) is 13.5. The summed E-state index contributed by atoms with van der Waals surface area (Å²) in [7, 11) is 1.66. The topological polar surface area (TPSA) is 9.23 Å². The molecule has 19 heavy (non-hydrogen) atoms. The van der Waals surface area contributed by atoms with E-state index in [4.69, 9.17) is 27.9 Å². The number of rotatable bonds is 3. The van der Waals surface area contributed by atoms with Gasteiger partial charge in [0.25, 0.3) is 0 Å². The average Bonchev–Trinajstić information content (AvgIpc) is 3.02. The van der Waals surface area contributed by atoms with Crippen molar-refractivity contribution in [3.8, 4) is 5.75 Å². The van der Waals surface area contributed by atoms with Crippen LogP contribution in [0.15, 0.2) is 54.6 Å². The Labute approximate surface area is 123 Å². The Morgan fingerprint density at radius 3 is 1.89 bits per heavy atom. The zero-order valence-electron chi connectivity index (χ0n) is 10.5. The second kappa shape index (κ2) is 4.73. The highest BCUT2D eigenvalue weighted by Crippen LogP contribution is 2.70. The zero-order valence-corrected chi connectivity index (χ0v) is 12.0. The Kier molecular flexibility index (Phi) is 3.20. The lowest BCUT2D eigenvalue weighted by molar-refractivity contribution is 0.414. The molecule has 2 aromatic rings. The van der Waals surface area contributed by atoms with Gasteiger partial charge in [-0.15, -0.1) is 23.2 Å². The highest BCUT2D eigenvalue weighted by Gasteiger charge is 2.64. The molecule has 0 N–H and O–H groups in total. The van der Waals surface area contributed by atoms with E-state index in [0.717, 1.165) is 11.3 Å². The van der Waals surface area contributed by atoms with Crippen LogP contribution in [0, 0.1) is 0 Å². The van der Waals surface area contributed by atoms with E-state index in [9.17, 15) is 0 Å². The fraction of sp³-hybridized carbons (Fsp3) is 0.250. The largest absolute Gasteiger partial charge is 0.497 e. The molecule has 1 fully saturated rings. The summed E-state index contributed by atoms with van der Waals surface area (Å²) in [4.78, 5) is 0. The maximum absolute atomic E-state index is 6.45. The highest BCUT2D eigenvalue weighted by atomic mass is 35.5. The normalized spacial score (nSPS) is 23.9. The van der Waals surface area contributed by atoms with Crippen LogP contribution in [-0.4, -0.2) is 11.4 Å². The minimum absolute atomic E-state index is 0.143. The highest BCUT2D eigenvalue weighted by molar-refractivity contribution is 6.52. The molecule has 0 spiro atoms. The average molecular weight is 293 g/mol. The molecular weight excluding hydrogens is 279 g/mol. The van der Waals surface area contributed by atoms with Gasteiger partial charge in [0.15, 0.2) is 0 Å². The van der Waals surface area contributed by atoms with E-state index in [0.29, 0.717) is 0 Å². The minimum atomic E-state index is -0.712. The molecule has 2 atom stereocenters. The Hall–Kier alpha value is -1.18. The SMILES string of the molecule is COc1ccc([C@@H]2[C@@H](c3ccccc3)C2(Cl)Cl)cc1. The van der Waals surface area contributed by atoms with Crippen molar-refractivity contribution in [3.63, 3.8) is 0 Å². The van der Waals surface area contributed by atoms with Crippen molar-refractivity contribution in [2.24, 2.45) is 0 Å². The molecular formula is C16H14Cl2O. The van der Waals surface area contributed by atoms with Gasteiger partial charge in [-0.25, -0.2) is 0 Å². The third kappa shape index (κ3) is 2.22. The first-order valence-corrected chi connectivity index (χ1v) is 6.97. The maximum Gasteiger partial charge on any atom is 0.133 e. The summed E-state index contributed by atoms with van der Waals surface area (Å²) < 4.78 is 4.45. The van der Waals surface area contributed by atoms with Crippen molar-refractivity contribution in [1.82, 2.24) is 0 Å². The number of methoxy groups -OCH3 is 1. The summed E-state index contributed by atoms with van der Waals surface area (Å²) in [5, 5.41) is 0. The van der Waals surface area contributed by atoms with E-state index >= 15 is 0 Å². The molecule has 1 saturated carbocycles. The van der Waals surface area contributed by atoms with E-state index in [2.05, 4.69) is 12.1 Å². The van der Waals surface area contributed by atoms with Crippen LogP contribution >= 0.6 is 23.2 Å². The van der Waals surface area contributed by atoms with Crippen molar-refractivity contribution in [3.05, 3.63) is 65.7 Å². The molecule has 3 heteroatoms. The fourth-order valence-electron chi connectivity index (χ4n) is 2.63. The Morgan fingerprint density at radius 2 is 1.37 bits per heavy atom. The number of hydrogen-bond acceptors (Lipinski definition) is 1. The second-order valence-electron chi connectivity index (χ2n) is 4.81. The molecule has 1 nitrogen and oxygen atoms in total. The Morgan fingerprint density at radius 1 is 0.842 bits per heavy atom. The van der Waals surface area contributed by atoms with Crippen LogP contribution in [0.5, 0.6) is 5.75 Å². The van der Waals surface area contributed by atoms with Gasteiger partial charge in [0.2, 0.25) is 0 Å². The third-order valence-electron chi connectivity index (χ3n) is 3.69. The van der Waals surface area contributed by atoms with Gasteiger partial charge in [-0.1, -0.05) is 42.5 Å². The molecule has 1 aliphatic rings. The first-order valence-electron chi connectivity index (χ1n) is 6.21. The minimum Gasteiger partial charge on any atom is -0.497 e. The maximum atomic E-state index is 6.45. The van der Waals surface area contributed by atoms with Crippen LogP contribution in [0.25, 0.3) is 0 Å². The van der Waals surface area contributed by atoms with E-state index in [1.807, 2.05) is 42.5 Å². The number of hydrogen-bond donors (Lipinski definition) is 0. The van der Waals surface area contributed by atoms with Gasteiger partial charge >= 0.3 is 0 Å². The van der Waals surface area contributed by atoms with Gasteiger partial charge in [-0.05, 0) is 23.3 Å². The number of alkyl halides is 2. The molecule has 0 heterocycles. The molecule has 0 radical (unpaired) electrons. The molecule has 0 aromatic heterocycles. The van der Waals surface area contributed by atoms with E-state index < -0.39 is 4.33 Å². The molecule has 1 aliphatic carbocycles. The lowest BCUT2D eigenvalue weighted by Gasteiger charge is -2.03. The van der Waals surface area contributed by atoms with Crippen LogP contribution in [0.2, 0.25) is 0 Å². The fourth-order valence-corrected chi connectivity index (χ4v) is 3.51. The van der Waals surface area contributed by atoms with Crippen molar-refractivity contribution in [2.75, 3.05) is 7.11 Å². The molecule has 0 aliphatic heterocycles. The predicted octanol–water partition coefficient (Wildman–Crippen LogP) is 4.75. The van der Waals surface area contributed by atoms with Crippen LogP contribution in [0.1, 0.15) is 23.0 Å². The predicted molar refractivity (Wildman–Crippen MR) is 79.4 cm³/mol. The summed E-state index contributed by atoms with van der Waals surface area (Å²) in [6.45, 7) is 0. The van der Waals surface area contributed by atoms with E-state index in [-0.39, 0.29) is 11.8 Å². The van der Waals surface area contributed by atoms with Gasteiger partial charge < -0.3 is 4.74 Å². The molecule has 0 bridgehead atoms. The Bertz CT molecular complexity index is 563. The van der Waals surface area contributed by atoms with E-state index in [1.165, 1.54) is 5.56 Å². The summed E-state index contributed by atoms with van der Waals surface area (Å²) in [6.07, 6.45) is 0. The van der Waals surface area contributed by atoms with Crippen molar-refractivity contribution < 1.29 is 4.74 Å². The van der Waals surface area contributed by atoms with Gasteiger partial charge in [-0.3, -0.25) is 0 Å². The smallest absolute Gasteiger partial charge is 0.133 e. The summed E-state index contributed by atoms with van der Waals surface area (Å²) in [5.41, 5.74) is 2.34. The molecule has 0 saturated heterocycles. The standard InChI is InChI=1S/C16H14Cl2O/c1-19-13-9-7-12(8-10-13)15-14(16(15,17)18)11-5-3-2-4-6-11/h2-10,14-15H,1H3/t14-,15-/m1/s1. The first-order chi connectivity index (χ1) is 9.14. The number of benzene rings is 2. The number of halogens is 2. The molecule has 0 unspecified atom stereocenters. The van der Waals surface area contributed by atoms with Crippen LogP contribution in [0.3, 0.4) is 0 Å². The van der Waals surface area contributed by atoms with E-state index in [1.54, 1.807) is 7.11 Å². The van der Waals surface area contributed by atoms with Crippen LogP contribution in [0.4, 0.5) is 0 Å². The lowest BCUT2D eigenvalue weighted by atomic mass is 10.0. The van der Waals surface area contributed by atoms with Crippen molar-refractivity contribution in [1.29, 1.82) is 0 Å². The monoisotopic (exact) mass is 292 g/mol. The quantitative estimate of drug-likeness (QED) is 0.742. The van der Waals surface area contributed by atoms with Crippen LogP contribution < -0.4 is 4.74 Å². The van der Waals surface area contributed by atoms with Gasteiger partial charge in [0.1, 0.15) is 10.1 Å². The molecule has 0 amide bonds.